The molecule has 1 fully saturated rings. The smallest absolute Gasteiger partial charge is 0.0470 e. The van der Waals surface area contributed by atoms with Crippen LogP contribution < -0.4 is 5.32 Å². The van der Waals surface area contributed by atoms with Crippen LogP contribution in [-0.4, -0.2) is 27.8 Å². The first-order chi connectivity index (χ1) is 5.11. The Balaban J connectivity index is 2.61. The van der Waals surface area contributed by atoms with Crippen LogP contribution in [0.3, 0.4) is 0 Å². The summed E-state index contributed by atoms with van der Waals surface area (Å²) >= 11 is 0. The van der Waals surface area contributed by atoms with Gasteiger partial charge >= 0.3 is 0 Å². The monoisotopic (exact) mass is 175 g/mol. The Morgan fingerprint density at radius 3 is 2.64 bits per heavy atom. The Labute approximate surface area is 71.2 Å². The molecule has 0 amide bonds. The maximum Gasteiger partial charge on any atom is 0.0470 e. The first-order valence-electron chi connectivity index (χ1n) is 4.22. The van der Waals surface area contributed by atoms with E-state index in [1.807, 2.05) is 0 Å². The van der Waals surface area contributed by atoms with Crippen molar-refractivity contribution in [3.8, 4) is 0 Å². The molecule has 1 rings (SSSR count). The maximum absolute atomic E-state index is 11.5. The highest BCUT2D eigenvalue weighted by atomic mass is 32.2. The van der Waals surface area contributed by atoms with Gasteiger partial charge in [-0.1, -0.05) is 6.92 Å². The summed E-state index contributed by atoms with van der Waals surface area (Å²) in [5.41, 5.74) is 0. The molecular formula is C8H17NOS. The fourth-order valence-corrected chi connectivity index (χ4v) is 2.81. The minimum Gasteiger partial charge on any atom is -0.313 e. The van der Waals surface area contributed by atoms with E-state index in [1.54, 1.807) is 0 Å². The van der Waals surface area contributed by atoms with Crippen molar-refractivity contribution in [3.63, 3.8) is 0 Å². The standard InChI is InChI=1S/C8H17NOS/c1-6-4-9-7(2)8(3)11(10)5-6/h6-9H,4-5H2,1-3H3. The zero-order valence-corrected chi connectivity index (χ0v) is 8.28. The Hall–Kier alpha value is 0.110. The number of hydrogen-bond acceptors (Lipinski definition) is 2. The van der Waals surface area contributed by atoms with Gasteiger partial charge in [0.25, 0.3) is 0 Å². The zero-order valence-electron chi connectivity index (χ0n) is 7.46. The van der Waals surface area contributed by atoms with Crippen LogP contribution in [0, 0.1) is 5.92 Å². The van der Waals surface area contributed by atoms with E-state index in [9.17, 15) is 4.21 Å². The fourth-order valence-electron chi connectivity index (χ4n) is 1.27. The molecule has 0 aliphatic carbocycles. The molecule has 0 aromatic carbocycles. The fraction of sp³-hybridized carbons (Fsp3) is 1.00. The van der Waals surface area contributed by atoms with Crippen LogP contribution in [0.25, 0.3) is 0 Å². The Bertz CT molecular complexity index is 160. The molecule has 0 aromatic rings. The molecule has 1 aliphatic rings. The SMILES string of the molecule is CC1CNC(C)C(C)S(=O)C1. The molecule has 2 nitrogen and oxygen atoms in total. The third-order valence-corrected chi connectivity index (χ3v) is 4.49. The van der Waals surface area contributed by atoms with E-state index in [2.05, 4.69) is 26.1 Å². The minimum atomic E-state index is -0.625. The third kappa shape index (κ3) is 2.27. The highest BCUT2D eigenvalue weighted by Gasteiger charge is 2.24. The Morgan fingerprint density at radius 1 is 1.36 bits per heavy atom. The van der Waals surface area contributed by atoms with Gasteiger partial charge in [0.15, 0.2) is 0 Å². The number of hydrogen-bond donors (Lipinski definition) is 1. The molecule has 0 radical (unpaired) electrons. The second-order valence-corrected chi connectivity index (χ2v) is 5.39. The lowest BCUT2D eigenvalue weighted by Gasteiger charge is -2.15. The summed E-state index contributed by atoms with van der Waals surface area (Å²) in [6.45, 7) is 7.33. The summed E-state index contributed by atoms with van der Waals surface area (Å²) in [6, 6.07) is 0.404. The zero-order chi connectivity index (χ0) is 8.43. The topological polar surface area (TPSA) is 29.1 Å². The van der Waals surface area contributed by atoms with Crippen molar-refractivity contribution < 1.29 is 4.21 Å². The molecule has 0 saturated carbocycles. The summed E-state index contributed by atoms with van der Waals surface area (Å²) < 4.78 is 11.5. The molecule has 0 aromatic heterocycles. The van der Waals surface area contributed by atoms with Crippen molar-refractivity contribution in [1.29, 1.82) is 0 Å². The normalized spacial score (nSPS) is 46.8. The average molecular weight is 175 g/mol. The summed E-state index contributed by atoms with van der Waals surface area (Å²) in [5.74, 6) is 1.42. The summed E-state index contributed by atoms with van der Waals surface area (Å²) in [5, 5.41) is 3.69. The summed E-state index contributed by atoms with van der Waals surface area (Å²) in [4.78, 5) is 0. The van der Waals surface area contributed by atoms with Crippen molar-refractivity contribution >= 4 is 10.8 Å². The molecule has 0 spiro atoms. The van der Waals surface area contributed by atoms with Gasteiger partial charge in [0.05, 0.1) is 0 Å². The molecule has 1 aliphatic heterocycles. The van der Waals surface area contributed by atoms with Crippen LogP contribution in [0.4, 0.5) is 0 Å². The van der Waals surface area contributed by atoms with E-state index >= 15 is 0 Å². The van der Waals surface area contributed by atoms with Gasteiger partial charge in [0.1, 0.15) is 0 Å². The van der Waals surface area contributed by atoms with Crippen molar-refractivity contribution in [3.05, 3.63) is 0 Å². The van der Waals surface area contributed by atoms with Crippen LogP contribution in [0.2, 0.25) is 0 Å². The van der Waals surface area contributed by atoms with Crippen LogP contribution >= 0.6 is 0 Å². The highest BCUT2D eigenvalue weighted by molar-refractivity contribution is 7.85. The molecule has 4 atom stereocenters. The molecule has 4 unspecified atom stereocenters. The lowest BCUT2D eigenvalue weighted by atomic mass is 10.2. The van der Waals surface area contributed by atoms with Gasteiger partial charge in [0, 0.05) is 27.8 Å². The highest BCUT2D eigenvalue weighted by Crippen LogP contribution is 2.11. The predicted octanol–water partition coefficient (Wildman–Crippen LogP) is 0.751. The van der Waals surface area contributed by atoms with Crippen LogP contribution in [-0.2, 0) is 10.8 Å². The van der Waals surface area contributed by atoms with Gasteiger partial charge in [-0.25, -0.2) is 0 Å². The van der Waals surface area contributed by atoms with Gasteiger partial charge < -0.3 is 5.32 Å². The molecule has 66 valence electrons. The largest absolute Gasteiger partial charge is 0.313 e. The first-order valence-corrected chi connectivity index (χ1v) is 5.60. The van der Waals surface area contributed by atoms with Crippen LogP contribution in [0.5, 0.6) is 0 Å². The van der Waals surface area contributed by atoms with Crippen LogP contribution in [0.15, 0.2) is 0 Å². The van der Waals surface area contributed by atoms with E-state index < -0.39 is 10.8 Å². The van der Waals surface area contributed by atoms with E-state index in [1.165, 1.54) is 0 Å². The van der Waals surface area contributed by atoms with Gasteiger partial charge in [-0.2, -0.15) is 0 Å². The van der Waals surface area contributed by atoms with Crippen LogP contribution in [0.1, 0.15) is 20.8 Å². The van der Waals surface area contributed by atoms with E-state index in [0.29, 0.717) is 17.2 Å². The maximum atomic E-state index is 11.5. The van der Waals surface area contributed by atoms with Gasteiger partial charge in [0.2, 0.25) is 0 Å². The van der Waals surface area contributed by atoms with E-state index in [4.69, 9.17) is 0 Å². The second kappa shape index (κ2) is 3.68. The number of nitrogens with one attached hydrogen (secondary N) is 1. The second-order valence-electron chi connectivity index (χ2n) is 3.55. The molecular weight excluding hydrogens is 158 g/mol. The minimum absolute atomic E-state index is 0.306. The lowest BCUT2D eigenvalue weighted by molar-refractivity contribution is 0.500. The predicted molar refractivity (Wildman–Crippen MR) is 49.1 cm³/mol. The van der Waals surface area contributed by atoms with Gasteiger partial charge in [-0.15, -0.1) is 0 Å². The lowest BCUT2D eigenvalue weighted by Crippen LogP contribution is -2.36. The quantitative estimate of drug-likeness (QED) is 0.588. The molecule has 1 saturated heterocycles. The molecule has 11 heavy (non-hydrogen) atoms. The van der Waals surface area contributed by atoms with Crippen molar-refractivity contribution in [2.45, 2.75) is 32.1 Å². The van der Waals surface area contributed by atoms with Crippen molar-refractivity contribution in [2.24, 2.45) is 5.92 Å². The number of rotatable bonds is 0. The van der Waals surface area contributed by atoms with Crippen molar-refractivity contribution in [2.75, 3.05) is 12.3 Å². The molecule has 3 heteroatoms. The molecule has 0 bridgehead atoms. The van der Waals surface area contributed by atoms with E-state index in [0.717, 1.165) is 12.3 Å². The van der Waals surface area contributed by atoms with Gasteiger partial charge in [-0.05, 0) is 26.3 Å². The first kappa shape index (κ1) is 9.20. The Morgan fingerprint density at radius 2 is 2.00 bits per heavy atom. The molecule has 1 heterocycles. The third-order valence-electron chi connectivity index (χ3n) is 2.36. The molecule has 1 N–H and O–H groups in total. The summed E-state index contributed by atoms with van der Waals surface area (Å²) in [6.07, 6.45) is 0. The average Bonchev–Trinajstić information content (AvgIpc) is 2.05. The van der Waals surface area contributed by atoms with Gasteiger partial charge in [-0.3, -0.25) is 4.21 Å². The Kier molecular flexibility index (Phi) is 3.07. The van der Waals surface area contributed by atoms with E-state index in [-0.39, 0.29) is 0 Å². The summed E-state index contributed by atoms with van der Waals surface area (Å²) in [7, 11) is -0.625. The van der Waals surface area contributed by atoms with Crippen molar-refractivity contribution in [1.82, 2.24) is 5.32 Å².